The smallest absolute Gasteiger partial charge is 0.337 e. The number of nitrogens with one attached hydrogen (secondary N) is 1. The summed E-state index contributed by atoms with van der Waals surface area (Å²) in [4.78, 5) is 14.5. The summed E-state index contributed by atoms with van der Waals surface area (Å²) in [7, 11) is 0. The maximum Gasteiger partial charge on any atom is 0.337 e. The monoisotopic (exact) mass is 226 g/mol. The lowest BCUT2D eigenvalue weighted by Crippen LogP contribution is -2.13. The van der Waals surface area contributed by atoms with Crippen molar-refractivity contribution < 1.29 is 9.90 Å². The molecule has 1 aromatic heterocycles. The second-order valence-corrected chi connectivity index (χ2v) is 3.44. The first kappa shape index (κ1) is 11.5. The van der Waals surface area contributed by atoms with Crippen LogP contribution in [-0.4, -0.2) is 22.1 Å². The Bertz CT molecular complexity index is 393. The molecule has 2 N–H and O–H groups in total. The van der Waals surface area contributed by atoms with Crippen LogP contribution in [0.5, 0.6) is 0 Å². The molecule has 1 unspecified atom stereocenters. The van der Waals surface area contributed by atoms with Gasteiger partial charge in [0.1, 0.15) is 5.82 Å². The van der Waals surface area contributed by atoms with Crippen molar-refractivity contribution in [2.75, 3.05) is 5.32 Å². The highest BCUT2D eigenvalue weighted by Crippen LogP contribution is 2.20. The van der Waals surface area contributed by atoms with Crippen LogP contribution in [0.4, 0.5) is 5.82 Å². The predicted octanol–water partition coefficient (Wildman–Crippen LogP) is 2.42. The molecular formula is C10H11ClN2O2. The van der Waals surface area contributed by atoms with E-state index in [0.717, 1.165) is 0 Å². The van der Waals surface area contributed by atoms with Crippen LogP contribution >= 0.6 is 11.6 Å². The van der Waals surface area contributed by atoms with Gasteiger partial charge >= 0.3 is 5.97 Å². The molecule has 0 aliphatic heterocycles. The summed E-state index contributed by atoms with van der Waals surface area (Å²) >= 11 is 5.85. The number of carbonyl (C=O) groups is 1. The van der Waals surface area contributed by atoms with Crippen molar-refractivity contribution in [1.82, 2.24) is 4.98 Å². The summed E-state index contributed by atoms with van der Waals surface area (Å²) in [6.45, 7) is 5.49. The van der Waals surface area contributed by atoms with E-state index in [1.165, 1.54) is 12.3 Å². The van der Waals surface area contributed by atoms with Crippen molar-refractivity contribution in [3.63, 3.8) is 0 Å². The summed E-state index contributed by atoms with van der Waals surface area (Å²) in [5.74, 6) is -0.596. The van der Waals surface area contributed by atoms with E-state index < -0.39 is 5.97 Å². The van der Waals surface area contributed by atoms with Gasteiger partial charge in [0.25, 0.3) is 0 Å². The summed E-state index contributed by atoms with van der Waals surface area (Å²) in [6, 6.07) is 1.38. The van der Waals surface area contributed by atoms with Gasteiger partial charge in [0.15, 0.2) is 0 Å². The van der Waals surface area contributed by atoms with Crippen molar-refractivity contribution in [1.29, 1.82) is 0 Å². The molecule has 80 valence electrons. The normalized spacial score (nSPS) is 11.9. The largest absolute Gasteiger partial charge is 0.478 e. The van der Waals surface area contributed by atoms with Crippen LogP contribution < -0.4 is 5.32 Å². The van der Waals surface area contributed by atoms with E-state index in [2.05, 4.69) is 16.9 Å². The van der Waals surface area contributed by atoms with Crippen LogP contribution in [-0.2, 0) is 0 Å². The number of halogens is 1. The molecule has 1 rings (SSSR count). The molecule has 15 heavy (non-hydrogen) atoms. The predicted molar refractivity (Wildman–Crippen MR) is 59.5 cm³/mol. The summed E-state index contributed by atoms with van der Waals surface area (Å²) in [5.41, 5.74) is 0.0665. The number of anilines is 1. The van der Waals surface area contributed by atoms with Crippen molar-refractivity contribution in [3.8, 4) is 0 Å². The molecule has 0 saturated heterocycles. The fraction of sp³-hybridized carbons (Fsp3) is 0.200. The standard InChI is InChI=1S/C10H11ClN2O2/c1-3-6(2)13-9-8(11)4-7(5-12-9)10(14)15/h3-6H,1H2,2H3,(H,12,13)(H,14,15). The summed E-state index contributed by atoms with van der Waals surface area (Å²) in [6.07, 6.45) is 2.95. The van der Waals surface area contributed by atoms with E-state index in [0.29, 0.717) is 5.82 Å². The van der Waals surface area contributed by atoms with Gasteiger partial charge in [-0.05, 0) is 13.0 Å². The molecule has 0 bridgehead atoms. The topological polar surface area (TPSA) is 62.2 Å². The van der Waals surface area contributed by atoms with Crippen molar-refractivity contribution >= 4 is 23.4 Å². The third-order valence-corrected chi connectivity index (χ3v) is 2.09. The molecule has 0 fully saturated rings. The first-order valence-electron chi connectivity index (χ1n) is 4.32. The Labute approximate surface area is 92.6 Å². The first-order chi connectivity index (χ1) is 7.04. The molecule has 0 aromatic carbocycles. The summed E-state index contributed by atoms with van der Waals surface area (Å²) in [5, 5.41) is 11.9. The number of carboxylic acid groups (broad SMARTS) is 1. The molecule has 1 atom stereocenters. The number of hydrogen-bond acceptors (Lipinski definition) is 3. The molecule has 1 heterocycles. The average molecular weight is 227 g/mol. The lowest BCUT2D eigenvalue weighted by molar-refractivity contribution is 0.0696. The number of hydrogen-bond donors (Lipinski definition) is 2. The fourth-order valence-electron chi connectivity index (χ4n) is 0.936. The SMILES string of the molecule is C=CC(C)Nc1ncc(C(=O)O)cc1Cl. The van der Waals surface area contributed by atoms with E-state index in [1.807, 2.05) is 6.92 Å². The number of carboxylic acids is 1. The van der Waals surface area contributed by atoms with Gasteiger partial charge in [0.05, 0.1) is 10.6 Å². The molecule has 0 spiro atoms. The highest BCUT2D eigenvalue weighted by Gasteiger charge is 2.09. The van der Waals surface area contributed by atoms with Gasteiger partial charge < -0.3 is 10.4 Å². The van der Waals surface area contributed by atoms with Gasteiger partial charge in [0.2, 0.25) is 0 Å². The lowest BCUT2D eigenvalue weighted by Gasteiger charge is -2.11. The summed E-state index contributed by atoms with van der Waals surface area (Å²) < 4.78 is 0. The second kappa shape index (κ2) is 4.79. The highest BCUT2D eigenvalue weighted by molar-refractivity contribution is 6.33. The molecule has 0 saturated carbocycles. The Morgan fingerprint density at radius 1 is 1.80 bits per heavy atom. The third-order valence-electron chi connectivity index (χ3n) is 1.81. The number of aromatic carboxylic acids is 1. The maximum atomic E-state index is 10.6. The second-order valence-electron chi connectivity index (χ2n) is 3.03. The van der Waals surface area contributed by atoms with E-state index in [1.54, 1.807) is 6.08 Å². The Hall–Kier alpha value is -1.55. The minimum absolute atomic E-state index is 0.0191. The zero-order valence-corrected chi connectivity index (χ0v) is 8.95. The average Bonchev–Trinajstić information content (AvgIpc) is 2.20. The van der Waals surface area contributed by atoms with Crippen LogP contribution in [0.25, 0.3) is 0 Å². The van der Waals surface area contributed by atoms with Crippen LogP contribution in [0.2, 0.25) is 5.02 Å². The molecule has 0 amide bonds. The van der Waals surface area contributed by atoms with E-state index >= 15 is 0 Å². The Balaban J connectivity index is 2.93. The van der Waals surface area contributed by atoms with Crippen LogP contribution in [0, 0.1) is 0 Å². The van der Waals surface area contributed by atoms with E-state index in [-0.39, 0.29) is 16.6 Å². The van der Waals surface area contributed by atoms with Gasteiger partial charge in [-0.1, -0.05) is 17.7 Å². The molecular weight excluding hydrogens is 216 g/mol. The zero-order chi connectivity index (χ0) is 11.4. The van der Waals surface area contributed by atoms with Gasteiger partial charge in [-0.3, -0.25) is 0 Å². The van der Waals surface area contributed by atoms with Crippen LogP contribution in [0.3, 0.4) is 0 Å². The fourth-order valence-corrected chi connectivity index (χ4v) is 1.16. The quantitative estimate of drug-likeness (QED) is 0.774. The molecule has 1 aromatic rings. The van der Waals surface area contributed by atoms with Crippen molar-refractivity contribution in [2.24, 2.45) is 0 Å². The Morgan fingerprint density at radius 2 is 2.47 bits per heavy atom. The molecule has 0 aliphatic rings. The van der Waals surface area contributed by atoms with Crippen LogP contribution in [0.15, 0.2) is 24.9 Å². The molecule has 5 heteroatoms. The molecule has 0 radical (unpaired) electrons. The molecule has 4 nitrogen and oxygen atoms in total. The van der Waals surface area contributed by atoms with Crippen LogP contribution in [0.1, 0.15) is 17.3 Å². The highest BCUT2D eigenvalue weighted by atomic mass is 35.5. The molecule has 0 aliphatic carbocycles. The minimum Gasteiger partial charge on any atom is -0.478 e. The third kappa shape index (κ3) is 2.95. The number of rotatable bonds is 4. The van der Waals surface area contributed by atoms with Crippen molar-refractivity contribution in [2.45, 2.75) is 13.0 Å². The van der Waals surface area contributed by atoms with Gasteiger partial charge in [-0.15, -0.1) is 6.58 Å². The first-order valence-corrected chi connectivity index (χ1v) is 4.70. The minimum atomic E-state index is -1.05. The zero-order valence-electron chi connectivity index (χ0n) is 8.20. The lowest BCUT2D eigenvalue weighted by atomic mass is 10.2. The van der Waals surface area contributed by atoms with E-state index in [4.69, 9.17) is 16.7 Å². The number of pyridine rings is 1. The Morgan fingerprint density at radius 3 is 2.93 bits per heavy atom. The number of aromatic nitrogens is 1. The maximum absolute atomic E-state index is 10.6. The van der Waals surface area contributed by atoms with Gasteiger partial charge in [-0.25, -0.2) is 9.78 Å². The van der Waals surface area contributed by atoms with Gasteiger partial charge in [-0.2, -0.15) is 0 Å². The van der Waals surface area contributed by atoms with Gasteiger partial charge in [0, 0.05) is 12.2 Å². The Kier molecular flexibility index (Phi) is 3.68. The number of nitrogens with zero attached hydrogens (tertiary/aromatic N) is 1. The van der Waals surface area contributed by atoms with Crippen molar-refractivity contribution in [3.05, 3.63) is 35.5 Å². The van der Waals surface area contributed by atoms with E-state index in [9.17, 15) is 4.79 Å².